The van der Waals surface area contributed by atoms with Gasteiger partial charge in [0.1, 0.15) is 22.3 Å². The molecule has 4 heterocycles. The van der Waals surface area contributed by atoms with Crippen LogP contribution in [0.25, 0.3) is 139 Å². The molecule has 322 valence electrons. The Labute approximate surface area is 396 Å². The molecule has 0 bridgehead atoms. The summed E-state index contributed by atoms with van der Waals surface area (Å²) in [5.74, 6) is 1.84. The average molecular weight is 883 g/mol. The van der Waals surface area contributed by atoms with Crippen molar-refractivity contribution in [3.63, 3.8) is 0 Å². The van der Waals surface area contributed by atoms with Gasteiger partial charge in [-0.2, -0.15) is 0 Å². The number of aromatic nitrogens is 4. The zero-order valence-corrected chi connectivity index (χ0v) is 37.0. The lowest BCUT2D eigenvalue weighted by atomic mass is 9.93. The van der Waals surface area contributed by atoms with Crippen molar-refractivity contribution in [1.82, 2.24) is 19.5 Å². The number of hydrogen-bond donors (Lipinski definition) is 0. The third-order valence-electron chi connectivity index (χ3n) is 13.4. The van der Waals surface area contributed by atoms with E-state index in [4.69, 9.17) is 23.8 Å². The molecular weight excluding hydrogens is 845 g/mol. The predicted molar refractivity (Wildman–Crippen MR) is 281 cm³/mol. The maximum absolute atomic E-state index is 6.70. The lowest BCUT2D eigenvalue weighted by Gasteiger charge is -2.12. The lowest BCUT2D eigenvalue weighted by Crippen LogP contribution is -2.00. The van der Waals surface area contributed by atoms with Crippen molar-refractivity contribution in [2.75, 3.05) is 0 Å². The Hall–Kier alpha value is -9.39. The normalized spacial score (nSPS) is 11.8. The first-order valence-electron chi connectivity index (χ1n) is 23.2. The van der Waals surface area contributed by atoms with Crippen molar-refractivity contribution in [1.29, 1.82) is 0 Å². The maximum Gasteiger partial charge on any atom is 0.164 e. The molecule has 10 aromatic carbocycles. The quantitative estimate of drug-likeness (QED) is 0.159. The van der Waals surface area contributed by atoms with E-state index >= 15 is 0 Å². The fraction of sp³-hybridized carbons (Fsp3) is 0. The van der Waals surface area contributed by atoms with Gasteiger partial charge in [-0.3, -0.25) is 0 Å². The molecule has 14 aromatic rings. The molecule has 0 saturated heterocycles. The van der Waals surface area contributed by atoms with Gasteiger partial charge in [0.25, 0.3) is 0 Å². The monoisotopic (exact) mass is 882 g/mol. The Morgan fingerprint density at radius 3 is 1.58 bits per heavy atom. The molecule has 0 atom stereocenters. The van der Waals surface area contributed by atoms with Crippen molar-refractivity contribution in [3.05, 3.63) is 231 Å². The Balaban J connectivity index is 0.948. The fourth-order valence-electron chi connectivity index (χ4n) is 10.2. The molecule has 6 heteroatoms. The second kappa shape index (κ2) is 15.6. The van der Waals surface area contributed by atoms with Gasteiger partial charge in [0, 0.05) is 43.6 Å². The summed E-state index contributed by atoms with van der Waals surface area (Å²) in [6.45, 7) is 0. The summed E-state index contributed by atoms with van der Waals surface area (Å²) in [5, 5.41) is 6.63. The molecule has 0 aliphatic heterocycles. The Bertz CT molecular complexity index is 4250. The van der Waals surface area contributed by atoms with E-state index in [-0.39, 0.29) is 0 Å². The molecule has 0 unspecified atom stereocenters. The number of rotatable bonds is 7. The maximum atomic E-state index is 6.70. The van der Waals surface area contributed by atoms with Crippen molar-refractivity contribution in [2.45, 2.75) is 0 Å². The first-order chi connectivity index (χ1) is 34.2. The van der Waals surface area contributed by atoms with Crippen LogP contribution in [0.5, 0.6) is 0 Å². The third kappa shape index (κ3) is 6.45. The van der Waals surface area contributed by atoms with Crippen molar-refractivity contribution in [2.24, 2.45) is 0 Å². The molecule has 0 radical (unpaired) electrons. The Kier molecular flexibility index (Phi) is 8.79. The number of furan rings is 2. The topological polar surface area (TPSA) is 69.9 Å². The lowest BCUT2D eigenvalue weighted by molar-refractivity contribution is 0.669. The van der Waals surface area contributed by atoms with E-state index < -0.39 is 0 Å². The molecule has 0 aliphatic rings. The van der Waals surface area contributed by atoms with Crippen LogP contribution in [0.1, 0.15) is 0 Å². The SMILES string of the molecule is c1ccc(-c2ccc3c(c2)c2ccccc2n3-c2cccc3oc4ccc(-c5cc(-c6cccc(-c7nc(-c8ccccc8)nc(-c8ccccc8)n7)c6)cc6oc7ccccc7c56)cc4c23)cc1. The van der Waals surface area contributed by atoms with Gasteiger partial charge in [0.15, 0.2) is 17.5 Å². The van der Waals surface area contributed by atoms with E-state index in [1.54, 1.807) is 0 Å². The summed E-state index contributed by atoms with van der Waals surface area (Å²) in [7, 11) is 0. The number of fused-ring (bicyclic) bond motifs is 9. The standard InChI is InChI=1S/C63H38N4O2/c1-4-16-39(17-5-1)43-30-32-53-50(35-43)47-24-10-12-26-52(47)67(53)54-27-15-29-57-60(54)51-36-44(31-33-56(51)68-57)49-37-46(38-58-59(49)48-25-11-13-28-55(48)69-58)42-22-14-23-45(34-42)63-65-61(40-18-6-2-7-19-40)64-62(66-63)41-20-8-3-9-21-41/h1-38H. The van der Waals surface area contributed by atoms with E-state index in [1.165, 1.54) is 21.9 Å². The second-order valence-corrected chi connectivity index (χ2v) is 17.5. The minimum absolute atomic E-state index is 0.600. The van der Waals surface area contributed by atoms with Gasteiger partial charge in [-0.15, -0.1) is 0 Å². The van der Waals surface area contributed by atoms with Gasteiger partial charge in [0.2, 0.25) is 0 Å². The molecule has 0 fully saturated rings. The summed E-state index contributed by atoms with van der Waals surface area (Å²) in [5.41, 5.74) is 15.9. The van der Waals surface area contributed by atoms with E-state index in [2.05, 4.69) is 162 Å². The number of hydrogen-bond acceptors (Lipinski definition) is 5. The summed E-state index contributed by atoms with van der Waals surface area (Å²) in [6.07, 6.45) is 0. The van der Waals surface area contributed by atoms with Crippen LogP contribution in [0, 0.1) is 0 Å². The molecule has 0 amide bonds. The minimum Gasteiger partial charge on any atom is -0.456 e. The van der Waals surface area contributed by atoms with Crippen molar-refractivity contribution >= 4 is 65.7 Å². The molecule has 0 spiro atoms. The minimum atomic E-state index is 0.600. The third-order valence-corrected chi connectivity index (χ3v) is 13.4. The molecule has 0 aliphatic carbocycles. The highest BCUT2D eigenvalue weighted by molar-refractivity contribution is 6.18. The molecule has 14 rings (SSSR count). The Morgan fingerprint density at radius 2 is 0.812 bits per heavy atom. The van der Waals surface area contributed by atoms with E-state index in [0.29, 0.717) is 17.5 Å². The fourth-order valence-corrected chi connectivity index (χ4v) is 10.2. The van der Waals surface area contributed by atoms with Crippen LogP contribution in [0.4, 0.5) is 0 Å². The number of para-hydroxylation sites is 2. The van der Waals surface area contributed by atoms with Crippen LogP contribution >= 0.6 is 0 Å². The number of benzene rings is 10. The molecule has 0 saturated carbocycles. The first-order valence-corrected chi connectivity index (χ1v) is 23.2. The predicted octanol–water partition coefficient (Wildman–Crippen LogP) is 16.8. The van der Waals surface area contributed by atoms with Gasteiger partial charge >= 0.3 is 0 Å². The molecule has 6 nitrogen and oxygen atoms in total. The van der Waals surface area contributed by atoms with Gasteiger partial charge in [-0.05, 0) is 100 Å². The number of nitrogens with zero attached hydrogens (tertiary/aromatic N) is 4. The van der Waals surface area contributed by atoms with E-state index in [1.807, 2.05) is 72.8 Å². The highest BCUT2D eigenvalue weighted by Crippen LogP contribution is 2.44. The highest BCUT2D eigenvalue weighted by atomic mass is 16.3. The van der Waals surface area contributed by atoms with Crippen LogP contribution in [0.2, 0.25) is 0 Å². The molecule has 69 heavy (non-hydrogen) atoms. The summed E-state index contributed by atoms with van der Waals surface area (Å²) >= 11 is 0. The summed E-state index contributed by atoms with van der Waals surface area (Å²) in [4.78, 5) is 15.0. The van der Waals surface area contributed by atoms with Crippen LogP contribution < -0.4 is 0 Å². The van der Waals surface area contributed by atoms with Gasteiger partial charge in [-0.1, -0.05) is 164 Å². The first kappa shape index (κ1) is 38.8. The molecule has 0 N–H and O–H groups in total. The van der Waals surface area contributed by atoms with E-state index in [9.17, 15) is 0 Å². The smallest absolute Gasteiger partial charge is 0.164 e. The second-order valence-electron chi connectivity index (χ2n) is 17.5. The highest BCUT2D eigenvalue weighted by Gasteiger charge is 2.21. The zero-order chi connectivity index (χ0) is 45.4. The molecular formula is C63H38N4O2. The average Bonchev–Trinajstić information content (AvgIpc) is 4.10. The van der Waals surface area contributed by atoms with Crippen LogP contribution in [0.3, 0.4) is 0 Å². The van der Waals surface area contributed by atoms with Crippen LogP contribution in [-0.4, -0.2) is 19.5 Å². The summed E-state index contributed by atoms with van der Waals surface area (Å²) < 4.78 is 15.8. The van der Waals surface area contributed by atoms with Gasteiger partial charge in [-0.25, -0.2) is 15.0 Å². The van der Waals surface area contributed by atoms with Gasteiger partial charge in [0.05, 0.1) is 22.1 Å². The molecule has 4 aromatic heterocycles. The van der Waals surface area contributed by atoms with E-state index in [0.717, 1.165) is 99.5 Å². The zero-order valence-electron chi connectivity index (χ0n) is 37.0. The van der Waals surface area contributed by atoms with Crippen LogP contribution in [-0.2, 0) is 0 Å². The van der Waals surface area contributed by atoms with Crippen molar-refractivity contribution < 1.29 is 8.83 Å². The summed E-state index contributed by atoms with van der Waals surface area (Å²) in [6, 6.07) is 80.4. The Morgan fingerprint density at radius 1 is 0.275 bits per heavy atom. The van der Waals surface area contributed by atoms with Crippen molar-refractivity contribution in [3.8, 4) is 73.2 Å². The van der Waals surface area contributed by atoms with Gasteiger partial charge < -0.3 is 13.4 Å². The largest absolute Gasteiger partial charge is 0.456 e. The van der Waals surface area contributed by atoms with Crippen LogP contribution in [0.15, 0.2) is 239 Å².